The highest BCUT2D eigenvalue weighted by Crippen LogP contribution is 2.33. The van der Waals surface area contributed by atoms with Crippen LogP contribution in [0.5, 0.6) is 0 Å². The zero-order valence-electron chi connectivity index (χ0n) is 8.02. The molecule has 1 aliphatic carbocycles. The molecule has 0 radical (unpaired) electrons. The van der Waals surface area contributed by atoms with Crippen molar-refractivity contribution in [2.45, 2.75) is 38.1 Å². The number of nitrogens with zero attached hydrogens (tertiary/aromatic N) is 2. The lowest BCUT2D eigenvalue weighted by Gasteiger charge is -2.10. The second-order valence-corrected chi connectivity index (χ2v) is 3.82. The zero-order chi connectivity index (χ0) is 9.97. The highest BCUT2D eigenvalue weighted by Gasteiger charge is 2.20. The number of aromatic nitrogens is 2. The molecule has 0 atom stereocenters. The van der Waals surface area contributed by atoms with Gasteiger partial charge in [-0.2, -0.15) is 0 Å². The van der Waals surface area contributed by atoms with Gasteiger partial charge in [-0.15, -0.1) is 0 Å². The van der Waals surface area contributed by atoms with Crippen molar-refractivity contribution in [2.24, 2.45) is 0 Å². The van der Waals surface area contributed by atoms with Crippen LogP contribution in [0.15, 0.2) is 12.5 Å². The molecule has 4 heteroatoms. The molecule has 76 valence electrons. The second-order valence-electron chi connectivity index (χ2n) is 3.82. The van der Waals surface area contributed by atoms with Crippen molar-refractivity contribution in [3.63, 3.8) is 0 Å². The Morgan fingerprint density at radius 2 is 2.29 bits per heavy atom. The smallest absolute Gasteiger partial charge is 0.323 e. The third-order valence-electron chi connectivity index (χ3n) is 2.82. The fraction of sp³-hybridized carbons (Fsp3) is 0.600. The van der Waals surface area contributed by atoms with Crippen molar-refractivity contribution >= 4 is 5.97 Å². The van der Waals surface area contributed by atoms with Crippen LogP contribution < -0.4 is 0 Å². The van der Waals surface area contributed by atoms with Gasteiger partial charge in [-0.25, -0.2) is 4.98 Å². The number of carbonyl (C=O) groups is 1. The van der Waals surface area contributed by atoms with E-state index in [1.165, 1.54) is 25.7 Å². The van der Waals surface area contributed by atoms with Gasteiger partial charge in [0.1, 0.15) is 6.54 Å². The monoisotopic (exact) mass is 194 g/mol. The van der Waals surface area contributed by atoms with E-state index in [9.17, 15) is 4.79 Å². The third kappa shape index (κ3) is 1.78. The molecule has 4 nitrogen and oxygen atoms in total. The summed E-state index contributed by atoms with van der Waals surface area (Å²) in [6.45, 7) is 0.0336. The Bertz CT molecular complexity index is 327. The molecule has 14 heavy (non-hydrogen) atoms. The minimum absolute atomic E-state index is 0.0336. The number of hydrogen-bond acceptors (Lipinski definition) is 2. The van der Waals surface area contributed by atoms with Crippen molar-refractivity contribution in [2.75, 3.05) is 0 Å². The number of carboxylic acid groups (broad SMARTS) is 1. The first-order valence-corrected chi connectivity index (χ1v) is 4.99. The number of aliphatic carboxylic acids is 1. The second kappa shape index (κ2) is 3.82. The van der Waals surface area contributed by atoms with Crippen LogP contribution >= 0.6 is 0 Å². The summed E-state index contributed by atoms with van der Waals surface area (Å²) in [5, 5.41) is 8.70. The molecule has 1 N–H and O–H groups in total. The topological polar surface area (TPSA) is 55.1 Å². The molecular formula is C10H14N2O2. The standard InChI is InChI=1S/C10H14N2O2/c13-10(14)6-12-7-11-5-9(12)8-3-1-2-4-8/h5,7-8H,1-4,6H2,(H,13,14). The number of rotatable bonds is 3. The SMILES string of the molecule is O=C(O)Cn1cncc1C1CCCC1. The van der Waals surface area contributed by atoms with Crippen LogP contribution in [0.3, 0.4) is 0 Å². The molecular weight excluding hydrogens is 180 g/mol. The lowest BCUT2D eigenvalue weighted by molar-refractivity contribution is -0.137. The largest absolute Gasteiger partial charge is 0.480 e. The molecule has 1 aromatic rings. The first kappa shape index (κ1) is 9.24. The quantitative estimate of drug-likeness (QED) is 0.795. The van der Waals surface area contributed by atoms with Crippen molar-refractivity contribution < 1.29 is 9.90 Å². The Morgan fingerprint density at radius 1 is 1.57 bits per heavy atom. The van der Waals surface area contributed by atoms with E-state index < -0.39 is 5.97 Å². The van der Waals surface area contributed by atoms with Crippen LogP contribution in [0.2, 0.25) is 0 Å². The summed E-state index contributed by atoms with van der Waals surface area (Å²) in [4.78, 5) is 14.6. The van der Waals surface area contributed by atoms with E-state index in [0.29, 0.717) is 5.92 Å². The zero-order valence-corrected chi connectivity index (χ0v) is 8.02. The van der Waals surface area contributed by atoms with Crippen molar-refractivity contribution in [3.8, 4) is 0 Å². The molecule has 0 unspecified atom stereocenters. The van der Waals surface area contributed by atoms with Gasteiger partial charge in [-0.1, -0.05) is 12.8 Å². The highest BCUT2D eigenvalue weighted by atomic mass is 16.4. The van der Waals surface area contributed by atoms with Crippen LogP contribution in [-0.4, -0.2) is 20.6 Å². The molecule has 1 saturated carbocycles. The normalized spacial score (nSPS) is 17.4. The minimum Gasteiger partial charge on any atom is -0.480 e. The molecule has 0 aromatic carbocycles. The lowest BCUT2D eigenvalue weighted by Crippen LogP contribution is -2.12. The van der Waals surface area contributed by atoms with E-state index in [1.807, 2.05) is 0 Å². The van der Waals surface area contributed by atoms with Gasteiger partial charge < -0.3 is 9.67 Å². The fourth-order valence-corrected chi connectivity index (χ4v) is 2.17. The van der Waals surface area contributed by atoms with Gasteiger partial charge >= 0.3 is 5.97 Å². The van der Waals surface area contributed by atoms with Crippen LogP contribution in [0.4, 0.5) is 0 Å². The van der Waals surface area contributed by atoms with Crippen LogP contribution in [0.25, 0.3) is 0 Å². The predicted molar refractivity (Wildman–Crippen MR) is 51.1 cm³/mol. The summed E-state index contributed by atoms with van der Waals surface area (Å²) in [6.07, 6.45) is 8.27. The maximum atomic E-state index is 10.6. The van der Waals surface area contributed by atoms with Crippen LogP contribution in [-0.2, 0) is 11.3 Å². The van der Waals surface area contributed by atoms with Gasteiger partial charge in [0.05, 0.1) is 6.33 Å². The van der Waals surface area contributed by atoms with E-state index in [0.717, 1.165) is 5.69 Å². The van der Waals surface area contributed by atoms with Gasteiger partial charge in [-0.3, -0.25) is 4.79 Å². The summed E-state index contributed by atoms with van der Waals surface area (Å²) in [5.74, 6) is -0.279. The van der Waals surface area contributed by atoms with Crippen LogP contribution in [0, 0.1) is 0 Å². The first-order chi connectivity index (χ1) is 6.77. The average molecular weight is 194 g/mol. The van der Waals surface area contributed by atoms with Crippen LogP contribution in [0.1, 0.15) is 37.3 Å². The molecule has 2 rings (SSSR count). The van der Waals surface area contributed by atoms with Gasteiger partial charge in [-0.05, 0) is 12.8 Å². The molecule has 1 aromatic heterocycles. The maximum Gasteiger partial charge on any atom is 0.323 e. The fourth-order valence-electron chi connectivity index (χ4n) is 2.17. The molecule has 0 spiro atoms. The molecule has 1 aliphatic rings. The molecule has 0 amide bonds. The highest BCUT2D eigenvalue weighted by molar-refractivity contribution is 5.66. The summed E-state index contributed by atoms with van der Waals surface area (Å²) >= 11 is 0. The van der Waals surface area contributed by atoms with Crippen molar-refractivity contribution in [3.05, 3.63) is 18.2 Å². The summed E-state index contributed by atoms with van der Waals surface area (Å²) in [7, 11) is 0. The van der Waals surface area contributed by atoms with Crippen molar-refractivity contribution in [1.82, 2.24) is 9.55 Å². The summed E-state index contributed by atoms with van der Waals surface area (Å²) in [5.41, 5.74) is 1.09. The first-order valence-electron chi connectivity index (χ1n) is 4.99. The van der Waals surface area contributed by atoms with E-state index in [2.05, 4.69) is 4.98 Å². The summed E-state index contributed by atoms with van der Waals surface area (Å²) in [6, 6.07) is 0. The molecule has 0 saturated heterocycles. The molecule has 0 aliphatic heterocycles. The number of carboxylic acids is 1. The minimum atomic E-state index is -0.803. The maximum absolute atomic E-state index is 10.6. The van der Waals surface area contributed by atoms with Gasteiger partial charge in [0.15, 0.2) is 0 Å². The predicted octanol–water partition coefficient (Wildman–Crippen LogP) is 1.63. The lowest BCUT2D eigenvalue weighted by atomic mass is 10.1. The Balaban J connectivity index is 2.15. The Morgan fingerprint density at radius 3 is 2.93 bits per heavy atom. The van der Waals surface area contributed by atoms with E-state index >= 15 is 0 Å². The van der Waals surface area contributed by atoms with Gasteiger partial charge in [0.25, 0.3) is 0 Å². The average Bonchev–Trinajstić information content (AvgIpc) is 2.70. The third-order valence-corrected chi connectivity index (χ3v) is 2.82. The van der Waals surface area contributed by atoms with E-state index in [-0.39, 0.29) is 6.54 Å². The molecule has 0 bridgehead atoms. The Kier molecular flexibility index (Phi) is 2.52. The van der Waals surface area contributed by atoms with Gasteiger partial charge in [0.2, 0.25) is 0 Å². The number of hydrogen-bond donors (Lipinski definition) is 1. The Hall–Kier alpha value is -1.32. The Labute approximate surface area is 82.6 Å². The number of imidazole rings is 1. The van der Waals surface area contributed by atoms with Crippen molar-refractivity contribution in [1.29, 1.82) is 0 Å². The van der Waals surface area contributed by atoms with E-state index in [4.69, 9.17) is 5.11 Å². The van der Waals surface area contributed by atoms with E-state index in [1.54, 1.807) is 17.1 Å². The van der Waals surface area contributed by atoms with Gasteiger partial charge in [0, 0.05) is 17.8 Å². The molecule has 1 fully saturated rings. The molecule has 1 heterocycles. The summed E-state index contributed by atoms with van der Waals surface area (Å²) < 4.78 is 1.75.